The number of alkyl halides is 3. The molecule has 170 valence electrons. The monoisotopic (exact) mass is 432 g/mol. The number of rotatable bonds is 7. The molecule has 0 saturated heterocycles. The van der Waals surface area contributed by atoms with Crippen molar-refractivity contribution in [2.24, 2.45) is 0 Å². The maximum atomic E-state index is 13.9. The van der Waals surface area contributed by atoms with Crippen LogP contribution in [0.1, 0.15) is 48.9 Å². The third kappa shape index (κ3) is 4.27. The van der Waals surface area contributed by atoms with Crippen LogP contribution < -0.4 is 0 Å². The van der Waals surface area contributed by atoms with Gasteiger partial charge in [-0.15, -0.1) is 0 Å². The SMILES string of the molecule is Cc1ccc2c(c1)C(CCN(C)C)(CCN(C)C)c1cc(C(C)(C)C(F)(F)F)ccc1-2. The van der Waals surface area contributed by atoms with E-state index in [-0.39, 0.29) is 5.41 Å². The molecular weight excluding hydrogens is 397 g/mol. The summed E-state index contributed by atoms with van der Waals surface area (Å²) in [5, 5.41) is 0. The Hall–Kier alpha value is -1.85. The summed E-state index contributed by atoms with van der Waals surface area (Å²) in [6.07, 6.45) is -2.57. The summed E-state index contributed by atoms with van der Waals surface area (Å²) in [6, 6.07) is 11.9. The van der Waals surface area contributed by atoms with Crippen LogP contribution in [-0.2, 0) is 10.8 Å². The highest BCUT2D eigenvalue weighted by Crippen LogP contribution is 2.54. The van der Waals surface area contributed by atoms with E-state index in [0.717, 1.165) is 42.6 Å². The van der Waals surface area contributed by atoms with E-state index in [1.165, 1.54) is 25.0 Å². The molecule has 1 aliphatic carbocycles. The van der Waals surface area contributed by atoms with Gasteiger partial charge >= 0.3 is 6.18 Å². The molecule has 1 aliphatic rings. The van der Waals surface area contributed by atoms with Gasteiger partial charge in [0.1, 0.15) is 0 Å². The van der Waals surface area contributed by atoms with Crippen molar-refractivity contribution < 1.29 is 13.2 Å². The molecule has 0 aromatic heterocycles. The quantitative estimate of drug-likeness (QED) is 0.529. The zero-order chi connectivity index (χ0) is 23.2. The Kier molecular flexibility index (Phi) is 6.34. The van der Waals surface area contributed by atoms with Crippen LogP contribution in [-0.4, -0.2) is 57.3 Å². The molecule has 0 amide bonds. The second-order valence-electron chi connectivity index (χ2n) is 10.1. The largest absolute Gasteiger partial charge is 0.397 e. The Bertz CT molecular complexity index is 930. The fourth-order valence-electron chi connectivity index (χ4n) is 4.65. The lowest BCUT2D eigenvalue weighted by Crippen LogP contribution is -2.37. The van der Waals surface area contributed by atoms with Crippen molar-refractivity contribution in [3.63, 3.8) is 0 Å². The molecule has 0 bridgehead atoms. The van der Waals surface area contributed by atoms with E-state index in [0.29, 0.717) is 5.56 Å². The topological polar surface area (TPSA) is 6.48 Å². The van der Waals surface area contributed by atoms with Crippen LogP contribution in [0.2, 0.25) is 0 Å². The van der Waals surface area contributed by atoms with Gasteiger partial charge in [-0.05, 0) is 103 Å². The molecule has 0 unspecified atom stereocenters. The van der Waals surface area contributed by atoms with Crippen molar-refractivity contribution in [2.75, 3.05) is 41.3 Å². The van der Waals surface area contributed by atoms with Crippen LogP contribution in [0.25, 0.3) is 11.1 Å². The maximum absolute atomic E-state index is 13.9. The lowest BCUT2D eigenvalue weighted by atomic mass is 9.71. The van der Waals surface area contributed by atoms with Crippen LogP contribution in [0, 0.1) is 6.92 Å². The van der Waals surface area contributed by atoms with Crippen LogP contribution >= 0.6 is 0 Å². The third-order valence-corrected chi connectivity index (χ3v) is 6.92. The number of hydrogen-bond acceptors (Lipinski definition) is 2. The summed E-state index contributed by atoms with van der Waals surface area (Å²) in [4.78, 5) is 4.32. The summed E-state index contributed by atoms with van der Waals surface area (Å²) >= 11 is 0. The van der Waals surface area contributed by atoms with E-state index in [1.54, 1.807) is 6.07 Å². The van der Waals surface area contributed by atoms with Gasteiger partial charge in [0.25, 0.3) is 0 Å². The van der Waals surface area contributed by atoms with Gasteiger partial charge in [-0.1, -0.05) is 42.0 Å². The average molecular weight is 433 g/mol. The predicted molar refractivity (Wildman–Crippen MR) is 123 cm³/mol. The maximum Gasteiger partial charge on any atom is 0.397 e. The Morgan fingerprint density at radius 1 is 0.774 bits per heavy atom. The summed E-state index contributed by atoms with van der Waals surface area (Å²) in [5.74, 6) is 0. The van der Waals surface area contributed by atoms with E-state index in [1.807, 2.05) is 12.1 Å². The van der Waals surface area contributed by atoms with Gasteiger partial charge in [-0.2, -0.15) is 13.2 Å². The fraction of sp³-hybridized carbons (Fsp3) is 0.538. The van der Waals surface area contributed by atoms with Crippen molar-refractivity contribution in [1.29, 1.82) is 0 Å². The summed E-state index contributed by atoms with van der Waals surface area (Å²) in [7, 11) is 8.21. The zero-order valence-corrected chi connectivity index (χ0v) is 19.8. The van der Waals surface area contributed by atoms with Gasteiger partial charge in [0.15, 0.2) is 0 Å². The number of hydrogen-bond donors (Lipinski definition) is 0. The smallest absolute Gasteiger partial charge is 0.309 e. The van der Waals surface area contributed by atoms with Crippen LogP contribution in [0.3, 0.4) is 0 Å². The van der Waals surface area contributed by atoms with E-state index in [9.17, 15) is 13.2 Å². The van der Waals surface area contributed by atoms with Crippen molar-refractivity contribution in [3.8, 4) is 11.1 Å². The van der Waals surface area contributed by atoms with Crippen molar-refractivity contribution in [3.05, 3.63) is 58.7 Å². The Morgan fingerprint density at radius 2 is 1.26 bits per heavy atom. The summed E-state index contributed by atoms with van der Waals surface area (Å²) in [5.41, 5.74) is 3.86. The Balaban J connectivity index is 2.26. The number of fused-ring (bicyclic) bond motifs is 3. The molecule has 0 aliphatic heterocycles. The highest BCUT2D eigenvalue weighted by atomic mass is 19.4. The number of aryl methyl sites for hydroxylation is 1. The molecule has 0 heterocycles. The standard InChI is InChI=1S/C26H35F3N2/c1-18-8-10-20-21-11-9-19(24(2,3)26(27,28)29)17-23(21)25(22(20)16-18,12-14-30(4)5)13-15-31(6)7/h8-11,16-17H,12-15H2,1-7H3. The second kappa shape index (κ2) is 8.25. The molecule has 0 atom stereocenters. The minimum absolute atomic E-state index is 0.303. The third-order valence-electron chi connectivity index (χ3n) is 6.92. The van der Waals surface area contributed by atoms with E-state index in [2.05, 4.69) is 63.1 Å². The molecular formula is C26H35F3N2. The molecule has 2 aromatic carbocycles. The Morgan fingerprint density at radius 3 is 1.74 bits per heavy atom. The molecule has 3 rings (SSSR count). The molecule has 0 saturated carbocycles. The summed E-state index contributed by atoms with van der Waals surface area (Å²) in [6.45, 7) is 6.38. The predicted octanol–water partition coefficient (Wildman–Crippen LogP) is 6.00. The summed E-state index contributed by atoms with van der Waals surface area (Å²) < 4.78 is 41.6. The molecule has 0 radical (unpaired) electrons. The number of halogens is 3. The van der Waals surface area contributed by atoms with Gasteiger partial charge in [-0.25, -0.2) is 0 Å². The number of nitrogens with zero attached hydrogens (tertiary/aromatic N) is 2. The van der Waals surface area contributed by atoms with Crippen molar-refractivity contribution in [2.45, 2.75) is 50.6 Å². The van der Waals surface area contributed by atoms with Gasteiger partial charge in [0, 0.05) is 5.41 Å². The first-order chi connectivity index (χ1) is 14.3. The molecule has 0 spiro atoms. The molecule has 0 fully saturated rings. The van der Waals surface area contributed by atoms with Gasteiger partial charge < -0.3 is 9.80 Å². The second-order valence-corrected chi connectivity index (χ2v) is 10.1. The van der Waals surface area contributed by atoms with E-state index in [4.69, 9.17) is 0 Å². The van der Waals surface area contributed by atoms with Gasteiger partial charge in [0.05, 0.1) is 5.41 Å². The Labute approximate surface area is 185 Å². The molecule has 5 heteroatoms. The van der Waals surface area contributed by atoms with Crippen molar-refractivity contribution >= 4 is 0 Å². The highest BCUT2D eigenvalue weighted by molar-refractivity contribution is 5.82. The van der Waals surface area contributed by atoms with Crippen LogP contribution in [0.4, 0.5) is 13.2 Å². The van der Waals surface area contributed by atoms with E-state index >= 15 is 0 Å². The molecule has 2 aromatic rings. The zero-order valence-electron chi connectivity index (χ0n) is 19.8. The van der Waals surface area contributed by atoms with Gasteiger partial charge in [0.2, 0.25) is 0 Å². The minimum Gasteiger partial charge on any atom is -0.309 e. The first-order valence-electron chi connectivity index (χ1n) is 10.9. The normalized spacial score (nSPS) is 15.5. The number of benzene rings is 2. The van der Waals surface area contributed by atoms with E-state index < -0.39 is 11.6 Å². The molecule has 0 N–H and O–H groups in total. The minimum atomic E-state index is -4.31. The van der Waals surface area contributed by atoms with Crippen LogP contribution in [0.5, 0.6) is 0 Å². The highest BCUT2D eigenvalue weighted by Gasteiger charge is 2.50. The molecule has 2 nitrogen and oxygen atoms in total. The molecule has 31 heavy (non-hydrogen) atoms. The van der Waals surface area contributed by atoms with Gasteiger partial charge in [-0.3, -0.25) is 0 Å². The first kappa shape index (κ1) is 23.8. The average Bonchev–Trinajstić information content (AvgIpc) is 2.93. The fourth-order valence-corrected chi connectivity index (χ4v) is 4.65. The van der Waals surface area contributed by atoms with Crippen molar-refractivity contribution in [1.82, 2.24) is 9.80 Å². The van der Waals surface area contributed by atoms with Crippen LogP contribution in [0.15, 0.2) is 36.4 Å². The lowest BCUT2D eigenvalue weighted by molar-refractivity contribution is -0.180. The lowest BCUT2D eigenvalue weighted by Gasteiger charge is -2.36. The first-order valence-corrected chi connectivity index (χ1v) is 10.9.